The van der Waals surface area contributed by atoms with Crippen LogP contribution in [0.4, 0.5) is 0 Å². The van der Waals surface area contributed by atoms with Crippen LogP contribution in [0, 0.1) is 0 Å². The number of hydrogen-bond donors (Lipinski definition) is 3. The zero-order valence-corrected chi connectivity index (χ0v) is 27.2. The monoisotopic (exact) mass is 587 g/mol. The summed E-state index contributed by atoms with van der Waals surface area (Å²) in [4.78, 5) is 12.3. The van der Waals surface area contributed by atoms with Crippen molar-refractivity contribution in [1.82, 2.24) is 5.32 Å². The number of ether oxygens (including phenoxy) is 1. The molecule has 0 bridgehead atoms. The van der Waals surface area contributed by atoms with E-state index in [-0.39, 0.29) is 12.5 Å². The fraction of sp³-hybridized carbons (Fsp3) is 0.757. The lowest BCUT2D eigenvalue weighted by Crippen LogP contribution is -2.45. The van der Waals surface area contributed by atoms with Gasteiger partial charge >= 0.3 is 0 Å². The van der Waals surface area contributed by atoms with Crippen LogP contribution >= 0.6 is 0 Å². The van der Waals surface area contributed by atoms with Crippen molar-refractivity contribution >= 4 is 5.91 Å². The van der Waals surface area contributed by atoms with Gasteiger partial charge in [0.25, 0.3) is 0 Å². The molecule has 0 radical (unpaired) electrons. The van der Waals surface area contributed by atoms with Gasteiger partial charge in [-0.05, 0) is 57.8 Å². The predicted octanol–water partition coefficient (Wildman–Crippen LogP) is 9.05. The van der Waals surface area contributed by atoms with E-state index in [0.717, 1.165) is 44.9 Å². The molecule has 1 amide bonds. The van der Waals surface area contributed by atoms with E-state index in [2.05, 4.69) is 55.6 Å². The Kier molecular flexibility index (Phi) is 25.6. The lowest BCUT2D eigenvalue weighted by molar-refractivity contribution is -0.122. The molecule has 1 rings (SSSR count). The molecule has 1 fully saturated rings. The summed E-state index contributed by atoms with van der Waals surface area (Å²) < 4.78 is 5.74. The van der Waals surface area contributed by atoms with Gasteiger partial charge in [-0.25, -0.2) is 0 Å². The summed E-state index contributed by atoms with van der Waals surface area (Å²) in [5.74, 6) is -0.126. The van der Waals surface area contributed by atoms with E-state index in [9.17, 15) is 15.0 Å². The lowest BCUT2D eigenvalue weighted by atomic mass is 10.1. The van der Waals surface area contributed by atoms with E-state index >= 15 is 0 Å². The van der Waals surface area contributed by atoms with Gasteiger partial charge in [0, 0.05) is 6.42 Å². The van der Waals surface area contributed by atoms with Gasteiger partial charge in [-0.1, -0.05) is 133 Å². The van der Waals surface area contributed by atoms with E-state index in [0.29, 0.717) is 18.6 Å². The molecule has 0 aromatic heterocycles. The molecule has 242 valence electrons. The quantitative estimate of drug-likeness (QED) is 0.0463. The largest absolute Gasteiger partial charge is 0.394 e. The third kappa shape index (κ3) is 22.9. The molecule has 1 saturated heterocycles. The topological polar surface area (TPSA) is 82.1 Å². The zero-order chi connectivity index (χ0) is 30.5. The molecular weight excluding hydrogens is 522 g/mol. The first-order valence-corrected chi connectivity index (χ1v) is 17.5. The van der Waals surface area contributed by atoms with Crippen molar-refractivity contribution in [2.45, 2.75) is 173 Å². The van der Waals surface area contributed by atoms with Gasteiger partial charge in [0.05, 0.1) is 31.0 Å². The highest BCUT2D eigenvalue weighted by atomic mass is 16.6. The van der Waals surface area contributed by atoms with Gasteiger partial charge in [-0.2, -0.15) is 0 Å². The Balaban J connectivity index is 2.01. The van der Waals surface area contributed by atoms with Crippen LogP contribution in [0.1, 0.15) is 149 Å². The first kappa shape index (κ1) is 38.3. The maximum absolute atomic E-state index is 12.3. The summed E-state index contributed by atoms with van der Waals surface area (Å²) in [6, 6.07) is -0.654. The lowest BCUT2D eigenvalue weighted by Gasteiger charge is -2.19. The first-order chi connectivity index (χ1) is 20.6. The number of carbonyl (C=O) groups excluding carboxylic acids is 1. The number of carbonyl (C=O) groups is 1. The van der Waals surface area contributed by atoms with Crippen LogP contribution in [-0.4, -0.2) is 47.1 Å². The Hall–Kier alpha value is -1.69. The summed E-state index contributed by atoms with van der Waals surface area (Å²) in [6.45, 7) is 4.22. The average Bonchev–Trinajstić information content (AvgIpc) is 3.75. The molecular formula is C37H65NO4. The van der Waals surface area contributed by atoms with Gasteiger partial charge in [0.15, 0.2) is 0 Å². The number of allylic oxidation sites excluding steroid dienone is 5. The van der Waals surface area contributed by atoms with Crippen molar-refractivity contribution in [2.75, 3.05) is 6.61 Å². The molecule has 1 heterocycles. The Bertz CT molecular complexity index is 744. The fourth-order valence-corrected chi connectivity index (χ4v) is 5.09. The number of amides is 1. The van der Waals surface area contributed by atoms with Crippen LogP contribution in [0.2, 0.25) is 0 Å². The zero-order valence-electron chi connectivity index (χ0n) is 27.2. The van der Waals surface area contributed by atoms with E-state index in [1.807, 2.05) is 6.08 Å². The Morgan fingerprint density at radius 2 is 1.19 bits per heavy atom. The normalized spacial score (nSPS) is 18.6. The van der Waals surface area contributed by atoms with Crippen LogP contribution in [0.3, 0.4) is 0 Å². The summed E-state index contributed by atoms with van der Waals surface area (Å²) in [5.41, 5.74) is 0. The fourth-order valence-electron chi connectivity index (χ4n) is 5.09. The van der Waals surface area contributed by atoms with Crippen molar-refractivity contribution in [3.05, 3.63) is 48.6 Å². The highest BCUT2D eigenvalue weighted by Gasteiger charge is 2.35. The third-order valence-electron chi connectivity index (χ3n) is 7.96. The highest BCUT2D eigenvalue weighted by molar-refractivity contribution is 5.76. The van der Waals surface area contributed by atoms with E-state index in [1.165, 1.54) is 83.5 Å². The standard InChI is InChI=1S/C37H65NO4/c1-3-5-7-9-11-12-13-14-15-17-20-24-28-34(40)33(32-39)38-37(41)31-27-23-19-16-18-22-26-30-36-35(42-36)29-25-21-10-8-6-4-2/h16,19,21-22,24-26,28,33-36,39-40H,3-15,17-18,20,23,27,29-32H2,1-2H3,(H,38,41)/b19-16-,25-21-,26-22-,28-24+/t33-,34+,35?,36?/m0/s1. The molecule has 4 atom stereocenters. The van der Waals surface area contributed by atoms with Crippen LogP contribution in [0.5, 0.6) is 0 Å². The van der Waals surface area contributed by atoms with Crippen LogP contribution in [0.25, 0.3) is 0 Å². The first-order valence-electron chi connectivity index (χ1n) is 17.5. The second kappa shape index (κ2) is 28.1. The number of nitrogens with one attached hydrogen (secondary N) is 1. The Morgan fingerprint density at radius 1 is 0.690 bits per heavy atom. The van der Waals surface area contributed by atoms with Crippen molar-refractivity contribution < 1.29 is 19.7 Å². The van der Waals surface area contributed by atoms with Gasteiger partial charge in [-0.3, -0.25) is 4.79 Å². The Labute approximate surface area is 259 Å². The van der Waals surface area contributed by atoms with Crippen molar-refractivity contribution in [3.8, 4) is 0 Å². The Morgan fingerprint density at radius 3 is 1.86 bits per heavy atom. The minimum atomic E-state index is -0.864. The van der Waals surface area contributed by atoms with Gasteiger partial charge in [0.2, 0.25) is 5.91 Å². The predicted molar refractivity (Wildman–Crippen MR) is 179 cm³/mol. The second-order valence-corrected chi connectivity index (χ2v) is 12.0. The molecule has 3 N–H and O–H groups in total. The number of rotatable bonds is 29. The number of epoxide rings is 1. The molecule has 1 aliphatic heterocycles. The molecule has 42 heavy (non-hydrogen) atoms. The number of hydrogen-bond acceptors (Lipinski definition) is 4. The second-order valence-electron chi connectivity index (χ2n) is 12.0. The smallest absolute Gasteiger partial charge is 0.220 e. The van der Waals surface area contributed by atoms with Crippen LogP contribution in [0.15, 0.2) is 48.6 Å². The molecule has 0 saturated carbocycles. The van der Waals surface area contributed by atoms with Crippen molar-refractivity contribution in [2.24, 2.45) is 0 Å². The summed E-state index contributed by atoms with van der Waals surface area (Å²) >= 11 is 0. The minimum absolute atomic E-state index is 0.126. The SMILES string of the molecule is CCCCC/C=C\CC1OC1C/C=C\C/C=C\CCCC(=O)N[C@@H](CO)[C@H](O)/C=C/CCCCCCCCCCCC. The summed E-state index contributed by atoms with van der Waals surface area (Å²) in [7, 11) is 0. The van der Waals surface area contributed by atoms with E-state index < -0.39 is 12.1 Å². The molecule has 0 aromatic rings. The minimum Gasteiger partial charge on any atom is -0.394 e. The van der Waals surface area contributed by atoms with Crippen molar-refractivity contribution in [1.29, 1.82) is 0 Å². The highest BCUT2D eigenvalue weighted by Crippen LogP contribution is 2.29. The maximum Gasteiger partial charge on any atom is 0.220 e. The van der Waals surface area contributed by atoms with Gasteiger partial charge in [-0.15, -0.1) is 0 Å². The van der Waals surface area contributed by atoms with E-state index in [4.69, 9.17) is 4.74 Å². The van der Waals surface area contributed by atoms with Crippen LogP contribution < -0.4 is 5.32 Å². The van der Waals surface area contributed by atoms with Crippen LogP contribution in [-0.2, 0) is 9.53 Å². The maximum atomic E-state index is 12.3. The number of aliphatic hydroxyl groups excluding tert-OH is 2. The molecule has 2 unspecified atom stereocenters. The molecule has 5 heteroatoms. The van der Waals surface area contributed by atoms with Gasteiger partial charge in [0.1, 0.15) is 0 Å². The molecule has 0 spiro atoms. The summed E-state index contributed by atoms with van der Waals surface area (Å²) in [5, 5.41) is 22.8. The molecule has 0 aromatic carbocycles. The average molecular weight is 588 g/mol. The number of aliphatic hydroxyl groups is 2. The van der Waals surface area contributed by atoms with E-state index in [1.54, 1.807) is 6.08 Å². The summed E-state index contributed by atoms with van der Waals surface area (Å²) in [6.07, 6.45) is 40.8. The molecule has 1 aliphatic rings. The molecule has 0 aliphatic carbocycles. The van der Waals surface area contributed by atoms with Gasteiger partial charge < -0.3 is 20.3 Å². The molecule has 5 nitrogen and oxygen atoms in total. The third-order valence-corrected chi connectivity index (χ3v) is 7.96. The number of unbranched alkanes of at least 4 members (excludes halogenated alkanes) is 14. The van der Waals surface area contributed by atoms with Crippen molar-refractivity contribution in [3.63, 3.8) is 0 Å².